The van der Waals surface area contributed by atoms with Gasteiger partial charge in [0.15, 0.2) is 0 Å². The smallest absolute Gasteiger partial charge is 0.243 e. The second-order valence-corrected chi connectivity index (χ2v) is 0.818. The first-order valence-corrected chi connectivity index (χ1v) is 1.65. The Hall–Kier alpha value is 0.210. The zero-order valence-electron chi connectivity index (χ0n) is 4.69. The fourth-order valence-corrected chi connectivity index (χ4v) is 0.102. The van der Waals surface area contributed by atoms with Gasteiger partial charge in [-0.05, 0) is 6.08 Å². The maximum absolute atomic E-state index is 9.95. The van der Waals surface area contributed by atoms with Crippen LogP contribution in [0.3, 0.4) is 0 Å². The van der Waals surface area contributed by atoms with Crippen LogP contribution in [0, 0.1) is 0 Å². The van der Waals surface area contributed by atoms with Crippen molar-refractivity contribution in [3.8, 4) is 0 Å². The summed E-state index contributed by atoms with van der Waals surface area (Å²) in [5.41, 5.74) is 0. The van der Waals surface area contributed by atoms with Crippen molar-refractivity contribution >= 4 is 35.5 Å². The van der Waals surface area contributed by atoms with Crippen molar-refractivity contribution in [1.82, 2.24) is 5.32 Å². The number of likely N-dealkylation sites (N-methyl/N-ethyl adjacent to an activating group) is 1. The molecule has 1 radical (unpaired) electrons. The first-order chi connectivity index (χ1) is 2.81. The molecule has 0 spiro atoms. The molecule has 1 N–H and O–H groups in total. The molecular formula is C4H7NNaO. The van der Waals surface area contributed by atoms with Gasteiger partial charge in [0.05, 0.1) is 0 Å². The largest absolute Gasteiger partial charge is 0.356 e. The molecule has 0 aromatic rings. The molecule has 1 amide bonds. The Morgan fingerprint density at radius 2 is 2.29 bits per heavy atom. The van der Waals surface area contributed by atoms with Gasteiger partial charge in [0.1, 0.15) is 0 Å². The molecule has 0 bridgehead atoms. The molecule has 0 heterocycles. The van der Waals surface area contributed by atoms with Gasteiger partial charge in [0.25, 0.3) is 0 Å². The Labute approximate surface area is 65.3 Å². The van der Waals surface area contributed by atoms with Crippen molar-refractivity contribution in [1.29, 1.82) is 0 Å². The predicted molar refractivity (Wildman–Crippen MR) is 30.0 cm³/mol. The molecule has 0 aliphatic carbocycles. The molecule has 0 fully saturated rings. The summed E-state index contributed by atoms with van der Waals surface area (Å²) in [5, 5.41) is 2.36. The SMILES string of the molecule is C=CC(=O)NC.[Na]. The van der Waals surface area contributed by atoms with Crippen molar-refractivity contribution in [2.75, 3.05) is 7.05 Å². The molecule has 0 aliphatic rings. The first kappa shape index (κ1) is 10.2. The van der Waals surface area contributed by atoms with Crippen molar-refractivity contribution in [3.63, 3.8) is 0 Å². The zero-order chi connectivity index (χ0) is 4.99. The van der Waals surface area contributed by atoms with Crippen molar-refractivity contribution in [3.05, 3.63) is 12.7 Å². The molecule has 0 aromatic heterocycles. The van der Waals surface area contributed by atoms with E-state index in [1.165, 1.54) is 6.08 Å². The van der Waals surface area contributed by atoms with Gasteiger partial charge in [-0.3, -0.25) is 4.79 Å². The Morgan fingerprint density at radius 1 is 1.86 bits per heavy atom. The first-order valence-electron chi connectivity index (χ1n) is 1.65. The summed E-state index contributed by atoms with van der Waals surface area (Å²) in [6, 6.07) is 0. The standard InChI is InChI=1S/C4H7NO.Na/c1-3-4(6)5-2;/h3H,1H2,2H3,(H,5,6);. The molecule has 2 nitrogen and oxygen atoms in total. The van der Waals surface area contributed by atoms with E-state index >= 15 is 0 Å². The fraction of sp³-hybridized carbons (Fsp3) is 0.250. The van der Waals surface area contributed by atoms with Gasteiger partial charge in [-0.25, -0.2) is 0 Å². The van der Waals surface area contributed by atoms with Crippen LogP contribution in [-0.2, 0) is 4.79 Å². The van der Waals surface area contributed by atoms with Gasteiger partial charge in [-0.1, -0.05) is 6.58 Å². The summed E-state index contributed by atoms with van der Waals surface area (Å²) in [7, 11) is 1.56. The van der Waals surface area contributed by atoms with E-state index in [9.17, 15) is 4.79 Å². The third kappa shape index (κ3) is 6.21. The van der Waals surface area contributed by atoms with Crippen LogP contribution in [0.5, 0.6) is 0 Å². The molecule has 0 unspecified atom stereocenters. The molecule has 35 valence electrons. The maximum Gasteiger partial charge on any atom is 0.243 e. The topological polar surface area (TPSA) is 29.1 Å². The van der Waals surface area contributed by atoms with Crippen LogP contribution < -0.4 is 5.32 Å². The van der Waals surface area contributed by atoms with Crippen LogP contribution in [0.2, 0.25) is 0 Å². The maximum atomic E-state index is 9.95. The van der Waals surface area contributed by atoms with E-state index in [1.54, 1.807) is 7.05 Å². The van der Waals surface area contributed by atoms with Crippen LogP contribution in [-0.4, -0.2) is 42.5 Å². The van der Waals surface area contributed by atoms with Crippen LogP contribution in [0.15, 0.2) is 12.7 Å². The summed E-state index contributed by atoms with van der Waals surface area (Å²) < 4.78 is 0. The normalized spacial score (nSPS) is 5.86. The summed E-state index contributed by atoms with van der Waals surface area (Å²) in [5.74, 6) is -0.144. The van der Waals surface area contributed by atoms with Crippen molar-refractivity contribution in [2.45, 2.75) is 0 Å². The molecular weight excluding hydrogens is 101 g/mol. The number of nitrogens with one attached hydrogen (secondary N) is 1. The van der Waals surface area contributed by atoms with Crippen molar-refractivity contribution < 1.29 is 4.79 Å². The van der Waals surface area contributed by atoms with Gasteiger partial charge in [0.2, 0.25) is 5.91 Å². The third-order valence-electron chi connectivity index (χ3n) is 0.432. The molecule has 0 aromatic carbocycles. The summed E-state index contributed by atoms with van der Waals surface area (Å²) in [6.07, 6.45) is 1.22. The molecule has 0 rings (SSSR count). The second-order valence-electron chi connectivity index (χ2n) is 0.818. The van der Waals surface area contributed by atoms with Gasteiger partial charge in [-0.2, -0.15) is 0 Å². The molecule has 0 saturated heterocycles. The van der Waals surface area contributed by atoms with E-state index in [0.29, 0.717) is 0 Å². The Kier molecular flexibility index (Phi) is 9.09. The second kappa shape index (κ2) is 6.21. The average molecular weight is 108 g/mol. The van der Waals surface area contributed by atoms with Gasteiger partial charge in [-0.15, -0.1) is 0 Å². The minimum Gasteiger partial charge on any atom is -0.356 e. The van der Waals surface area contributed by atoms with Crippen LogP contribution in [0.25, 0.3) is 0 Å². The van der Waals surface area contributed by atoms with E-state index in [2.05, 4.69) is 11.9 Å². The summed E-state index contributed by atoms with van der Waals surface area (Å²) in [4.78, 5) is 9.95. The number of carbonyl (C=O) groups is 1. The van der Waals surface area contributed by atoms with Crippen LogP contribution in [0.4, 0.5) is 0 Å². The van der Waals surface area contributed by atoms with Crippen molar-refractivity contribution in [2.24, 2.45) is 0 Å². The third-order valence-corrected chi connectivity index (χ3v) is 0.432. The molecule has 7 heavy (non-hydrogen) atoms. The average Bonchev–Trinajstić information content (AvgIpc) is 1.65. The Balaban J connectivity index is 0. The van der Waals surface area contributed by atoms with Gasteiger partial charge >= 0.3 is 0 Å². The van der Waals surface area contributed by atoms with Crippen LogP contribution >= 0.6 is 0 Å². The molecule has 0 atom stereocenters. The van der Waals surface area contributed by atoms with E-state index in [0.717, 1.165) is 0 Å². The minimum atomic E-state index is -0.144. The summed E-state index contributed by atoms with van der Waals surface area (Å²) in [6.45, 7) is 3.22. The number of amides is 1. The monoisotopic (exact) mass is 108 g/mol. The Bertz CT molecular complexity index is 72.1. The quantitative estimate of drug-likeness (QED) is 0.357. The minimum absolute atomic E-state index is 0. The number of hydrogen-bond acceptors (Lipinski definition) is 1. The summed E-state index contributed by atoms with van der Waals surface area (Å²) >= 11 is 0. The number of hydrogen-bond donors (Lipinski definition) is 1. The molecule has 0 aliphatic heterocycles. The Morgan fingerprint density at radius 3 is 2.29 bits per heavy atom. The van der Waals surface area contributed by atoms with E-state index < -0.39 is 0 Å². The fourth-order valence-electron chi connectivity index (χ4n) is 0.102. The van der Waals surface area contributed by atoms with Gasteiger partial charge in [0, 0.05) is 36.6 Å². The van der Waals surface area contributed by atoms with Gasteiger partial charge < -0.3 is 5.32 Å². The van der Waals surface area contributed by atoms with E-state index in [1.807, 2.05) is 0 Å². The van der Waals surface area contributed by atoms with E-state index in [-0.39, 0.29) is 35.5 Å². The number of rotatable bonds is 1. The van der Waals surface area contributed by atoms with Crippen LogP contribution in [0.1, 0.15) is 0 Å². The molecule has 3 heteroatoms. The zero-order valence-corrected chi connectivity index (χ0v) is 6.69. The number of carbonyl (C=O) groups excluding carboxylic acids is 1. The predicted octanol–water partition coefficient (Wildman–Crippen LogP) is -0.462. The molecule has 0 saturated carbocycles. The van der Waals surface area contributed by atoms with E-state index in [4.69, 9.17) is 0 Å².